The molecule has 0 saturated heterocycles. The molecule has 0 saturated carbocycles. The van der Waals surface area contributed by atoms with Gasteiger partial charge in [-0.15, -0.1) is 0 Å². The second-order valence-electron chi connectivity index (χ2n) is 5.44. The van der Waals surface area contributed by atoms with Crippen LogP contribution in [0, 0.1) is 6.92 Å². The van der Waals surface area contributed by atoms with E-state index in [9.17, 15) is 0 Å². The third-order valence-electron chi connectivity index (χ3n) is 3.51. The van der Waals surface area contributed by atoms with Crippen molar-refractivity contribution in [2.24, 2.45) is 0 Å². The Balaban J connectivity index is 2.96. The number of rotatable bonds is 14. The highest BCUT2D eigenvalue weighted by atomic mass is 14.0. The molecule has 0 aliphatic rings. The summed E-state index contributed by atoms with van der Waals surface area (Å²) in [5, 5.41) is 0. The molecule has 0 atom stereocenters. The number of allylic oxidation sites excluding steroid dienone is 2. The molecule has 107 valence electrons. The molecule has 0 spiro atoms. The van der Waals surface area contributed by atoms with Crippen molar-refractivity contribution in [3.63, 3.8) is 0 Å². The Labute approximate surface area is 116 Å². The Kier molecular flexibility index (Phi) is 16.5. The normalized spacial score (nSPS) is 11.4. The summed E-state index contributed by atoms with van der Waals surface area (Å²) in [7, 11) is 0. The molecule has 0 fully saturated rings. The molecule has 0 aliphatic carbocycles. The molecule has 0 heteroatoms. The summed E-state index contributed by atoms with van der Waals surface area (Å²) in [4.78, 5) is 0. The molecule has 0 amide bonds. The van der Waals surface area contributed by atoms with Crippen LogP contribution in [-0.2, 0) is 0 Å². The van der Waals surface area contributed by atoms with Crippen molar-refractivity contribution in [3.05, 3.63) is 19.1 Å². The maximum atomic E-state index is 3.88. The van der Waals surface area contributed by atoms with E-state index in [0.29, 0.717) is 0 Å². The minimum Gasteiger partial charge on any atom is -0.0885 e. The van der Waals surface area contributed by atoms with Gasteiger partial charge in [-0.25, -0.2) is 0 Å². The van der Waals surface area contributed by atoms with Gasteiger partial charge in [0, 0.05) is 0 Å². The van der Waals surface area contributed by atoms with Crippen LogP contribution in [-0.4, -0.2) is 0 Å². The Morgan fingerprint density at radius 3 is 1.56 bits per heavy atom. The third-order valence-corrected chi connectivity index (χ3v) is 3.51. The van der Waals surface area contributed by atoms with Gasteiger partial charge in [-0.1, -0.05) is 96.6 Å². The molecule has 0 unspecified atom stereocenters. The highest BCUT2D eigenvalue weighted by molar-refractivity contribution is 4.81. The molecule has 0 aromatic carbocycles. The van der Waals surface area contributed by atoms with Gasteiger partial charge in [0.15, 0.2) is 0 Å². The highest BCUT2D eigenvalue weighted by Crippen LogP contribution is 2.11. The van der Waals surface area contributed by atoms with Crippen LogP contribution in [0.1, 0.15) is 96.8 Å². The van der Waals surface area contributed by atoms with Crippen LogP contribution >= 0.6 is 0 Å². The summed E-state index contributed by atoms with van der Waals surface area (Å²) >= 11 is 0. The van der Waals surface area contributed by atoms with Crippen molar-refractivity contribution in [2.75, 3.05) is 0 Å². The number of unbranched alkanes of at least 4 members (excludes halogenated alkanes) is 12. The second-order valence-corrected chi connectivity index (χ2v) is 5.44. The van der Waals surface area contributed by atoms with Crippen molar-refractivity contribution in [2.45, 2.75) is 96.8 Å². The molecule has 0 N–H and O–H groups in total. The van der Waals surface area contributed by atoms with E-state index in [0.717, 1.165) is 6.42 Å². The van der Waals surface area contributed by atoms with Gasteiger partial charge in [-0.3, -0.25) is 0 Å². The van der Waals surface area contributed by atoms with Crippen molar-refractivity contribution in [1.29, 1.82) is 0 Å². The van der Waals surface area contributed by atoms with E-state index in [1.165, 1.54) is 83.5 Å². The summed E-state index contributed by atoms with van der Waals surface area (Å²) in [5.74, 6) is 0. The predicted octanol–water partition coefficient (Wildman–Crippen LogP) is 6.86. The van der Waals surface area contributed by atoms with E-state index in [1.807, 2.05) is 0 Å². The van der Waals surface area contributed by atoms with E-state index < -0.39 is 0 Å². The average Bonchev–Trinajstić information content (AvgIpc) is 2.39. The largest absolute Gasteiger partial charge is 0.0885 e. The molecule has 1 radical (unpaired) electrons. The monoisotopic (exact) mass is 251 g/mol. The molecule has 0 nitrogen and oxygen atoms in total. The lowest BCUT2D eigenvalue weighted by molar-refractivity contribution is 0.561. The molecule has 0 aliphatic heterocycles. The third kappa shape index (κ3) is 15.7. The van der Waals surface area contributed by atoms with Crippen LogP contribution in [0.3, 0.4) is 0 Å². The summed E-state index contributed by atoms with van der Waals surface area (Å²) in [5.41, 5.74) is 0. The minimum atomic E-state index is 1.12. The van der Waals surface area contributed by atoms with E-state index in [-0.39, 0.29) is 0 Å². The van der Waals surface area contributed by atoms with Crippen LogP contribution in [0.5, 0.6) is 0 Å². The smallest absolute Gasteiger partial charge is 0.0351 e. The molecule has 0 aromatic heterocycles. The van der Waals surface area contributed by atoms with Gasteiger partial charge in [0.2, 0.25) is 0 Å². The summed E-state index contributed by atoms with van der Waals surface area (Å²) in [6, 6.07) is 0. The lowest BCUT2D eigenvalue weighted by atomic mass is 10.1. The van der Waals surface area contributed by atoms with Crippen LogP contribution in [0.15, 0.2) is 12.2 Å². The molecule has 18 heavy (non-hydrogen) atoms. The Hall–Kier alpha value is -0.260. The molecule has 0 aromatic rings. The number of hydrogen-bond donors (Lipinski definition) is 0. The van der Waals surface area contributed by atoms with Gasteiger partial charge in [-0.05, 0) is 19.3 Å². The molecular weight excluding hydrogens is 216 g/mol. The highest BCUT2D eigenvalue weighted by Gasteiger charge is 1.91. The van der Waals surface area contributed by atoms with Crippen LogP contribution < -0.4 is 0 Å². The first-order chi connectivity index (χ1) is 8.91. The van der Waals surface area contributed by atoms with Gasteiger partial charge in [0.25, 0.3) is 0 Å². The lowest BCUT2D eigenvalue weighted by Gasteiger charge is -2.01. The first-order valence-corrected chi connectivity index (χ1v) is 8.36. The van der Waals surface area contributed by atoms with Crippen LogP contribution in [0.2, 0.25) is 0 Å². The molecule has 0 bridgehead atoms. The lowest BCUT2D eigenvalue weighted by Crippen LogP contribution is -1.81. The zero-order valence-corrected chi connectivity index (χ0v) is 12.8. The van der Waals surface area contributed by atoms with Gasteiger partial charge in [0.1, 0.15) is 0 Å². The van der Waals surface area contributed by atoms with Gasteiger partial charge in [-0.2, -0.15) is 0 Å². The van der Waals surface area contributed by atoms with Gasteiger partial charge in [0.05, 0.1) is 0 Å². The summed E-state index contributed by atoms with van der Waals surface area (Å²) in [6.45, 7) is 6.14. The van der Waals surface area contributed by atoms with Gasteiger partial charge < -0.3 is 0 Å². The SMILES string of the molecule is [CH2]CCCCCCCCCCC/C=C\CCCC. The van der Waals surface area contributed by atoms with Crippen molar-refractivity contribution < 1.29 is 0 Å². The zero-order chi connectivity index (χ0) is 13.3. The van der Waals surface area contributed by atoms with Crippen molar-refractivity contribution in [1.82, 2.24) is 0 Å². The average molecular weight is 251 g/mol. The van der Waals surface area contributed by atoms with E-state index in [2.05, 4.69) is 26.0 Å². The standard InChI is InChI=1S/C18H35/c1-3-5-7-9-11-13-15-17-18-16-14-12-10-8-6-4-2/h10,12H,1,3-9,11,13-18H2,2H3/b12-10-. The van der Waals surface area contributed by atoms with E-state index in [4.69, 9.17) is 0 Å². The summed E-state index contributed by atoms with van der Waals surface area (Å²) in [6.07, 6.45) is 23.9. The fraction of sp³-hybridized carbons (Fsp3) is 0.833. The van der Waals surface area contributed by atoms with Crippen LogP contribution in [0.25, 0.3) is 0 Å². The molecular formula is C18H35. The quantitative estimate of drug-likeness (QED) is 0.234. The first kappa shape index (κ1) is 17.7. The fourth-order valence-electron chi connectivity index (χ4n) is 2.23. The van der Waals surface area contributed by atoms with Crippen molar-refractivity contribution >= 4 is 0 Å². The van der Waals surface area contributed by atoms with E-state index >= 15 is 0 Å². The maximum absolute atomic E-state index is 3.88. The number of hydrogen-bond acceptors (Lipinski definition) is 0. The van der Waals surface area contributed by atoms with Crippen LogP contribution in [0.4, 0.5) is 0 Å². The van der Waals surface area contributed by atoms with E-state index in [1.54, 1.807) is 0 Å². The molecule has 0 heterocycles. The Morgan fingerprint density at radius 2 is 1.06 bits per heavy atom. The second kappa shape index (κ2) is 16.7. The maximum Gasteiger partial charge on any atom is -0.0351 e. The minimum absolute atomic E-state index is 1.12. The predicted molar refractivity (Wildman–Crippen MR) is 84.8 cm³/mol. The first-order valence-electron chi connectivity index (χ1n) is 8.36. The Morgan fingerprint density at radius 1 is 0.611 bits per heavy atom. The Bertz CT molecular complexity index is 157. The molecule has 0 rings (SSSR count). The van der Waals surface area contributed by atoms with Gasteiger partial charge >= 0.3 is 0 Å². The van der Waals surface area contributed by atoms with Crippen molar-refractivity contribution in [3.8, 4) is 0 Å². The zero-order valence-electron chi connectivity index (χ0n) is 12.8. The topological polar surface area (TPSA) is 0 Å². The summed E-state index contributed by atoms with van der Waals surface area (Å²) < 4.78 is 0. The fourth-order valence-corrected chi connectivity index (χ4v) is 2.23.